The highest BCUT2D eigenvalue weighted by molar-refractivity contribution is 5.81. The Morgan fingerprint density at radius 3 is 2.23 bits per heavy atom. The van der Waals surface area contributed by atoms with E-state index in [1.807, 2.05) is 53.5 Å². The highest BCUT2D eigenvalue weighted by Crippen LogP contribution is 2.44. The van der Waals surface area contributed by atoms with Crippen LogP contribution in [0.1, 0.15) is 22.6 Å². The molecule has 1 amide bonds. The number of amides is 1. The Labute approximate surface area is 175 Å². The lowest BCUT2D eigenvalue weighted by Gasteiger charge is -2.17. The van der Waals surface area contributed by atoms with E-state index in [4.69, 9.17) is 4.74 Å². The minimum atomic E-state index is -1.40. The Kier molecular flexibility index (Phi) is 5.40. The summed E-state index contributed by atoms with van der Waals surface area (Å²) in [6.45, 7) is 0.0332. The molecule has 1 unspecified atom stereocenters. The summed E-state index contributed by atoms with van der Waals surface area (Å²) in [5.74, 6) is -1.50. The highest BCUT2D eigenvalue weighted by atomic mass is 16.5. The van der Waals surface area contributed by atoms with E-state index in [0.29, 0.717) is 0 Å². The number of ether oxygens (including phenoxy) is 1. The van der Waals surface area contributed by atoms with Crippen LogP contribution in [0.5, 0.6) is 0 Å². The quantitative estimate of drug-likeness (QED) is 0.476. The number of hydrogen-bond donors (Lipinski definition) is 4. The zero-order valence-corrected chi connectivity index (χ0v) is 16.3. The van der Waals surface area contributed by atoms with Crippen molar-refractivity contribution in [1.82, 2.24) is 15.3 Å². The SMILES string of the molecule is O=C(NC(Cc1c[nH]c(=O)[nH]c1=O)C(=O)O)OCC1c2ccccc2-c2ccccc21. The van der Waals surface area contributed by atoms with Crippen molar-refractivity contribution in [2.45, 2.75) is 18.4 Å². The number of aromatic amines is 2. The number of benzene rings is 2. The molecule has 0 bridgehead atoms. The number of hydrogen-bond acceptors (Lipinski definition) is 5. The average Bonchev–Trinajstić information content (AvgIpc) is 3.07. The van der Waals surface area contributed by atoms with Crippen LogP contribution in [0, 0.1) is 0 Å². The maximum absolute atomic E-state index is 12.3. The number of carbonyl (C=O) groups excluding carboxylic acids is 1. The third kappa shape index (κ3) is 4.11. The maximum atomic E-state index is 12.3. The van der Waals surface area contributed by atoms with Gasteiger partial charge in [-0.2, -0.15) is 0 Å². The van der Waals surface area contributed by atoms with E-state index in [9.17, 15) is 24.3 Å². The molecule has 3 aromatic rings. The molecule has 1 atom stereocenters. The van der Waals surface area contributed by atoms with Gasteiger partial charge < -0.3 is 20.1 Å². The number of rotatable bonds is 6. The Balaban J connectivity index is 1.45. The first-order valence-electron chi connectivity index (χ1n) is 9.59. The molecule has 9 heteroatoms. The largest absolute Gasteiger partial charge is 0.480 e. The minimum Gasteiger partial charge on any atom is -0.480 e. The molecule has 0 radical (unpaired) electrons. The summed E-state index contributed by atoms with van der Waals surface area (Å²) in [6, 6.07) is 14.3. The van der Waals surface area contributed by atoms with Crippen LogP contribution in [0.4, 0.5) is 4.79 Å². The fraction of sp³-hybridized carbons (Fsp3) is 0.182. The molecular formula is C22H19N3O6. The summed E-state index contributed by atoms with van der Waals surface area (Å²) < 4.78 is 5.35. The van der Waals surface area contributed by atoms with E-state index in [0.717, 1.165) is 28.5 Å². The van der Waals surface area contributed by atoms with E-state index in [1.165, 1.54) is 0 Å². The number of alkyl carbamates (subject to hydrolysis) is 1. The van der Waals surface area contributed by atoms with E-state index in [-0.39, 0.29) is 24.5 Å². The molecule has 1 aliphatic carbocycles. The number of aromatic nitrogens is 2. The molecule has 0 spiro atoms. The van der Waals surface area contributed by atoms with Gasteiger partial charge in [-0.3, -0.25) is 9.78 Å². The second-order valence-electron chi connectivity index (χ2n) is 7.16. The number of fused-ring (bicyclic) bond motifs is 3. The van der Waals surface area contributed by atoms with Crippen LogP contribution in [-0.4, -0.2) is 39.8 Å². The van der Waals surface area contributed by atoms with Crippen molar-refractivity contribution in [1.29, 1.82) is 0 Å². The van der Waals surface area contributed by atoms with Gasteiger partial charge in [0.25, 0.3) is 5.56 Å². The van der Waals surface area contributed by atoms with Crippen LogP contribution in [0.25, 0.3) is 11.1 Å². The van der Waals surface area contributed by atoms with E-state index < -0.39 is 29.4 Å². The number of carboxylic acid groups (broad SMARTS) is 1. The first-order valence-corrected chi connectivity index (χ1v) is 9.59. The lowest BCUT2D eigenvalue weighted by atomic mass is 9.98. The van der Waals surface area contributed by atoms with Gasteiger partial charge in [0.1, 0.15) is 12.6 Å². The maximum Gasteiger partial charge on any atom is 0.407 e. The fourth-order valence-corrected chi connectivity index (χ4v) is 3.79. The molecular weight excluding hydrogens is 402 g/mol. The molecule has 0 aliphatic heterocycles. The Bertz CT molecular complexity index is 1220. The van der Waals surface area contributed by atoms with Crippen molar-refractivity contribution in [2.24, 2.45) is 0 Å². The normalized spacial score (nSPS) is 13.2. The molecule has 1 aromatic heterocycles. The first-order chi connectivity index (χ1) is 14.9. The monoisotopic (exact) mass is 421 g/mol. The van der Waals surface area contributed by atoms with Gasteiger partial charge >= 0.3 is 17.8 Å². The van der Waals surface area contributed by atoms with Crippen LogP contribution in [0.3, 0.4) is 0 Å². The van der Waals surface area contributed by atoms with Gasteiger partial charge in [-0.25, -0.2) is 14.4 Å². The summed E-state index contributed by atoms with van der Waals surface area (Å²) in [6.07, 6.45) is -0.0996. The second-order valence-corrected chi connectivity index (χ2v) is 7.16. The van der Waals surface area contributed by atoms with Crippen LogP contribution in [0.15, 0.2) is 64.3 Å². The smallest absolute Gasteiger partial charge is 0.407 e. The predicted octanol–water partition coefficient (Wildman–Crippen LogP) is 1.60. The lowest BCUT2D eigenvalue weighted by molar-refractivity contribution is -0.139. The fourth-order valence-electron chi connectivity index (χ4n) is 3.79. The zero-order valence-electron chi connectivity index (χ0n) is 16.3. The molecule has 4 N–H and O–H groups in total. The predicted molar refractivity (Wildman–Crippen MR) is 111 cm³/mol. The summed E-state index contributed by atoms with van der Waals surface area (Å²) in [7, 11) is 0. The first kappa shape index (κ1) is 20.1. The molecule has 1 aliphatic rings. The zero-order chi connectivity index (χ0) is 22.0. The van der Waals surface area contributed by atoms with Gasteiger partial charge in [0.15, 0.2) is 0 Å². The Morgan fingerprint density at radius 2 is 1.65 bits per heavy atom. The van der Waals surface area contributed by atoms with Crippen LogP contribution < -0.4 is 16.6 Å². The average molecular weight is 421 g/mol. The number of carboxylic acids is 1. The number of nitrogens with one attached hydrogen (secondary N) is 3. The summed E-state index contributed by atoms with van der Waals surface area (Å²) in [4.78, 5) is 51.1. The van der Waals surface area contributed by atoms with Crippen molar-refractivity contribution < 1.29 is 19.4 Å². The molecule has 4 rings (SSSR count). The van der Waals surface area contributed by atoms with Gasteiger partial charge in [0, 0.05) is 24.1 Å². The van der Waals surface area contributed by atoms with Crippen molar-refractivity contribution >= 4 is 12.1 Å². The standard InChI is InChI=1S/C22H19N3O6/c26-19-12(10-23-21(29)25-19)9-18(20(27)28)24-22(30)31-11-17-15-7-3-1-5-13(15)14-6-2-4-8-16(14)17/h1-8,10,17-18H,9,11H2,(H,24,30)(H,27,28)(H2,23,25,26,29). The number of carbonyl (C=O) groups is 2. The molecule has 0 saturated carbocycles. The minimum absolute atomic E-state index is 0.0194. The van der Waals surface area contributed by atoms with Crippen molar-refractivity contribution in [3.05, 3.63) is 92.3 Å². The highest BCUT2D eigenvalue weighted by Gasteiger charge is 2.30. The second kappa shape index (κ2) is 8.31. The van der Waals surface area contributed by atoms with Crippen LogP contribution in [-0.2, 0) is 16.0 Å². The lowest BCUT2D eigenvalue weighted by Crippen LogP contribution is -2.44. The Hall–Kier alpha value is -4.14. The molecule has 2 aromatic carbocycles. The van der Waals surface area contributed by atoms with Crippen molar-refractivity contribution in [2.75, 3.05) is 6.61 Å². The third-order valence-corrected chi connectivity index (χ3v) is 5.25. The van der Waals surface area contributed by atoms with Gasteiger partial charge in [-0.15, -0.1) is 0 Å². The Morgan fingerprint density at radius 1 is 1.03 bits per heavy atom. The summed E-state index contributed by atoms with van der Waals surface area (Å²) in [5.41, 5.74) is 2.82. The molecule has 31 heavy (non-hydrogen) atoms. The van der Waals surface area contributed by atoms with Gasteiger partial charge in [0.2, 0.25) is 0 Å². The van der Waals surface area contributed by atoms with E-state index >= 15 is 0 Å². The number of aliphatic carboxylic acids is 1. The van der Waals surface area contributed by atoms with Gasteiger partial charge in [-0.05, 0) is 22.3 Å². The molecule has 0 saturated heterocycles. The van der Waals surface area contributed by atoms with E-state index in [2.05, 4.69) is 10.3 Å². The summed E-state index contributed by atoms with van der Waals surface area (Å²) >= 11 is 0. The molecule has 158 valence electrons. The topological polar surface area (TPSA) is 141 Å². The van der Waals surface area contributed by atoms with E-state index in [1.54, 1.807) is 0 Å². The van der Waals surface area contributed by atoms with Crippen molar-refractivity contribution in [3.8, 4) is 11.1 Å². The van der Waals surface area contributed by atoms with Crippen LogP contribution >= 0.6 is 0 Å². The summed E-state index contributed by atoms with van der Waals surface area (Å²) in [5, 5.41) is 11.7. The molecule has 1 heterocycles. The van der Waals surface area contributed by atoms with Crippen molar-refractivity contribution in [3.63, 3.8) is 0 Å². The van der Waals surface area contributed by atoms with Gasteiger partial charge in [-0.1, -0.05) is 48.5 Å². The molecule has 0 fully saturated rings. The molecule has 9 nitrogen and oxygen atoms in total. The van der Waals surface area contributed by atoms with Crippen LogP contribution in [0.2, 0.25) is 0 Å². The third-order valence-electron chi connectivity index (χ3n) is 5.25. The number of H-pyrrole nitrogens is 2. The van der Waals surface area contributed by atoms with Gasteiger partial charge in [0.05, 0.1) is 0 Å².